The zero-order valence-electron chi connectivity index (χ0n) is 22.8. The van der Waals surface area contributed by atoms with Crippen molar-refractivity contribution in [3.05, 3.63) is 75.5 Å². The molecule has 2 unspecified atom stereocenters. The first-order valence-electron chi connectivity index (χ1n) is 12.8. The Labute approximate surface area is 242 Å². The molecule has 2 atom stereocenters. The monoisotopic (exact) mass is 585 g/mol. The second kappa shape index (κ2) is 10.6. The number of aliphatic hydroxyl groups is 1. The molecule has 0 saturated heterocycles. The lowest BCUT2D eigenvalue weighted by Crippen LogP contribution is -2.48. The van der Waals surface area contributed by atoms with Crippen molar-refractivity contribution in [1.29, 1.82) is 0 Å². The van der Waals surface area contributed by atoms with Crippen molar-refractivity contribution in [2.75, 3.05) is 25.8 Å². The van der Waals surface area contributed by atoms with Crippen molar-refractivity contribution >= 4 is 40.5 Å². The first-order valence-corrected chi connectivity index (χ1v) is 13.5. The van der Waals surface area contributed by atoms with Crippen LogP contribution in [0.4, 0.5) is 10.1 Å². The summed E-state index contributed by atoms with van der Waals surface area (Å²) in [6, 6.07) is 12.7. The van der Waals surface area contributed by atoms with E-state index in [0.29, 0.717) is 49.6 Å². The largest absolute Gasteiger partial charge is 0.496 e. The summed E-state index contributed by atoms with van der Waals surface area (Å²) in [6.45, 7) is 5.77. The maximum Gasteiger partial charge on any atom is 0.270 e. The van der Waals surface area contributed by atoms with Gasteiger partial charge in [0.2, 0.25) is 0 Å². The fraction of sp³-hybridized carbons (Fsp3) is 0.333. The van der Waals surface area contributed by atoms with Crippen LogP contribution in [0.3, 0.4) is 0 Å². The third-order valence-electron chi connectivity index (χ3n) is 7.37. The van der Waals surface area contributed by atoms with E-state index in [1.165, 1.54) is 19.2 Å². The van der Waals surface area contributed by atoms with Gasteiger partial charge in [0.1, 0.15) is 23.0 Å². The molecule has 5 rings (SSSR count). The predicted molar refractivity (Wildman–Crippen MR) is 155 cm³/mol. The Hall–Kier alpha value is -3.33. The number of amides is 1. The fourth-order valence-corrected chi connectivity index (χ4v) is 5.58. The van der Waals surface area contributed by atoms with Crippen molar-refractivity contribution in [3.8, 4) is 22.6 Å². The Bertz CT molecular complexity index is 1500. The molecule has 0 bridgehead atoms. The van der Waals surface area contributed by atoms with Crippen LogP contribution < -0.4 is 14.5 Å². The fourth-order valence-electron chi connectivity index (χ4n) is 5.06. The highest BCUT2D eigenvalue weighted by Gasteiger charge is 2.48. The average molecular weight is 586 g/mol. The lowest BCUT2D eigenvalue weighted by Gasteiger charge is -2.36. The van der Waals surface area contributed by atoms with E-state index >= 15 is 0 Å². The van der Waals surface area contributed by atoms with Gasteiger partial charge in [-0.25, -0.2) is 4.39 Å². The minimum Gasteiger partial charge on any atom is -0.496 e. The Kier molecular flexibility index (Phi) is 7.46. The number of benzene rings is 3. The summed E-state index contributed by atoms with van der Waals surface area (Å²) < 4.78 is 26.3. The topological polar surface area (TPSA) is 74.6 Å². The number of aliphatic hydroxyl groups excluding tert-OH is 1. The van der Waals surface area contributed by atoms with Crippen LogP contribution in [0, 0.1) is 11.7 Å². The maximum absolute atomic E-state index is 14.5. The molecule has 10 heteroatoms. The van der Waals surface area contributed by atoms with E-state index in [2.05, 4.69) is 0 Å². The predicted octanol–water partition coefficient (Wildman–Crippen LogP) is 6.48. The number of nitrogens with zero attached hydrogens (tertiary/aromatic N) is 3. The summed E-state index contributed by atoms with van der Waals surface area (Å²) in [5, 5.41) is 17.1. The van der Waals surface area contributed by atoms with Crippen molar-refractivity contribution in [2.24, 2.45) is 11.0 Å². The van der Waals surface area contributed by atoms with Gasteiger partial charge in [-0.1, -0.05) is 23.2 Å². The highest BCUT2D eigenvalue weighted by atomic mass is 35.5. The summed E-state index contributed by atoms with van der Waals surface area (Å²) in [6.07, 6.45) is 0. The number of carbonyl (C=O) groups is 1. The van der Waals surface area contributed by atoms with E-state index in [0.717, 1.165) is 5.56 Å². The highest BCUT2D eigenvalue weighted by Crippen LogP contribution is 2.50. The van der Waals surface area contributed by atoms with E-state index in [9.17, 15) is 14.3 Å². The zero-order valence-corrected chi connectivity index (χ0v) is 24.3. The third-order valence-corrected chi connectivity index (χ3v) is 7.81. The second-order valence-electron chi connectivity index (χ2n) is 11.0. The highest BCUT2D eigenvalue weighted by molar-refractivity contribution is 6.41. The summed E-state index contributed by atoms with van der Waals surface area (Å²) in [5.41, 5.74) is 2.85. The quantitative estimate of drug-likeness (QED) is 0.371. The average Bonchev–Trinajstić information content (AvgIpc) is 3.30. The molecule has 0 aromatic heterocycles. The minimum atomic E-state index is -0.479. The molecule has 1 N–H and O–H groups in total. The summed E-state index contributed by atoms with van der Waals surface area (Å²) >= 11 is 12.7. The van der Waals surface area contributed by atoms with E-state index < -0.39 is 23.3 Å². The zero-order chi connectivity index (χ0) is 28.9. The van der Waals surface area contributed by atoms with Gasteiger partial charge in [-0.05, 0) is 74.4 Å². The normalized spacial score (nSPS) is 18.0. The van der Waals surface area contributed by atoms with Crippen molar-refractivity contribution in [3.63, 3.8) is 0 Å². The van der Waals surface area contributed by atoms with Crippen LogP contribution in [0.2, 0.25) is 10.0 Å². The molecule has 0 radical (unpaired) electrons. The second-order valence-corrected chi connectivity index (χ2v) is 11.8. The van der Waals surface area contributed by atoms with Gasteiger partial charge in [-0.2, -0.15) is 5.10 Å². The van der Waals surface area contributed by atoms with E-state index in [-0.39, 0.29) is 19.1 Å². The van der Waals surface area contributed by atoms with E-state index in [4.69, 9.17) is 37.8 Å². The van der Waals surface area contributed by atoms with Crippen LogP contribution in [0.25, 0.3) is 11.1 Å². The molecular weight excluding hydrogens is 556 g/mol. The molecule has 0 aliphatic carbocycles. The van der Waals surface area contributed by atoms with Gasteiger partial charge in [0, 0.05) is 39.8 Å². The lowest BCUT2D eigenvalue weighted by molar-refractivity contribution is -0.127. The molecule has 210 valence electrons. The lowest BCUT2D eigenvalue weighted by atomic mass is 9.85. The van der Waals surface area contributed by atoms with Crippen LogP contribution >= 0.6 is 23.2 Å². The Balaban J connectivity index is 1.69. The van der Waals surface area contributed by atoms with Crippen LogP contribution in [0.1, 0.15) is 37.9 Å². The number of hydrogen-bond acceptors (Lipinski definition) is 6. The number of ether oxygens (including phenoxy) is 2. The molecule has 0 saturated carbocycles. The van der Waals surface area contributed by atoms with Crippen LogP contribution in [0.15, 0.2) is 53.6 Å². The summed E-state index contributed by atoms with van der Waals surface area (Å²) in [5.74, 6) is -0.0626. The van der Waals surface area contributed by atoms with Gasteiger partial charge in [-0.3, -0.25) is 9.80 Å². The Morgan fingerprint density at radius 2 is 1.85 bits per heavy atom. The molecule has 2 aliphatic rings. The van der Waals surface area contributed by atoms with E-state index in [1.54, 1.807) is 47.3 Å². The maximum atomic E-state index is 14.5. The Morgan fingerprint density at radius 3 is 2.48 bits per heavy atom. The number of methoxy groups -OCH3 is 1. The van der Waals surface area contributed by atoms with Crippen LogP contribution in [-0.2, 0) is 11.4 Å². The molecule has 7 nitrogen and oxygen atoms in total. The van der Waals surface area contributed by atoms with Crippen molar-refractivity contribution in [2.45, 2.75) is 39.0 Å². The molecule has 1 amide bonds. The first-order chi connectivity index (χ1) is 18.9. The number of fused-ring (bicyclic) bond motifs is 3. The molecule has 2 aliphatic heterocycles. The van der Waals surface area contributed by atoms with Crippen LogP contribution in [0.5, 0.6) is 11.5 Å². The first kappa shape index (κ1) is 28.2. The van der Waals surface area contributed by atoms with Gasteiger partial charge in [0.15, 0.2) is 0 Å². The summed E-state index contributed by atoms with van der Waals surface area (Å²) in [4.78, 5) is 15.4. The SMILES string of the molecule is COc1cc2c(cc1-c1cc(F)cc(CO)c1)C1C(CO2)C(C(=O)N(C)C(C)(C)C)=NN1c1cc(Cl)cc(Cl)c1. The minimum absolute atomic E-state index is 0.210. The standard InChI is InChI=1S/C30H30Cl2FN3O4/c1-30(2,3)35(4)29(38)27-24-15-40-26-13-25(39-5)22(17-6-16(14-37)7-20(33)8-17)12-23(26)28(24)36(34-27)21-10-18(31)9-19(32)11-21/h6-13,24,28,37H,14-15H2,1-5H3. The van der Waals surface area contributed by atoms with Gasteiger partial charge >= 0.3 is 0 Å². The van der Waals surface area contributed by atoms with E-state index in [1.807, 2.05) is 26.8 Å². The number of halogens is 3. The molecule has 2 heterocycles. The van der Waals surface area contributed by atoms with Gasteiger partial charge in [0.05, 0.1) is 38.0 Å². The van der Waals surface area contributed by atoms with Gasteiger partial charge in [0.25, 0.3) is 5.91 Å². The molecule has 0 fully saturated rings. The van der Waals surface area contributed by atoms with Gasteiger partial charge < -0.3 is 19.5 Å². The molecular formula is C30H30Cl2FN3O4. The molecule has 40 heavy (non-hydrogen) atoms. The number of rotatable bonds is 5. The number of carbonyl (C=O) groups excluding carboxylic acids is 1. The van der Waals surface area contributed by atoms with Crippen molar-refractivity contribution < 1.29 is 23.8 Å². The number of anilines is 1. The van der Waals surface area contributed by atoms with Crippen LogP contribution in [-0.4, -0.2) is 47.9 Å². The summed E-state index contributed by atoms with van der Waals surface area (Å²) in [7, 11) is 3.28. The third kappa shape index (κ3) is 5.11. The number of hydrazone groups is 1. The molecule has 3 aromatic rings. The van der Waals surface area contributed by atoms with Crippen molar-refractivity contribution in [1.82, 2.24) is 4.90 Å². The smallest absolute Gasteiger partial charge is 0.270 e. The number of hydrogen-bond donors (Lipinski definition) is 1. The molecule has 3 aromatic carbocycles. The Morgan fingerprint density at radius 1 is 1.15 bits per heavy atom. The van der Waals surface area contributed by atoms with Gasteiger partial charge in [-0.15, -0.1) is 0 Å². The molecule has 0 spiro atoms.